The Morgan fingerprint density at radius 1 is 1.27 bits per heavy atom. The van der Waals surface area contributed by atoms with Crippen molar-refractivity contribution in [3.8, 4) is 0 Å². The van der Waals surface area contributed by atoms with E-state index < -0.39 is 5.97 Å². The fraction of sp³-hybridized carbons (Fsp3) is 0.800. The first-order valence-corrected chi connectivity index (χ1v) is 11.6. The van der Waals surface area contributed by atoms with E-state index in [1.807, 2.05) is 12.2 Å². The second kappa shape index (κ2) is 12.9. The topological polar surface area (TPSA) is 80.7 Å². The van der Waals surface area contributed by atoms with E-state index in [1.165, 1.54) is 6.92 Å². The van der Waals surface area contributed by atoms with E-state index in [1.54, 1.807) is 0 Å². The highest BCUT2D eigenvalue weighted by Crippen LogP contribution is 2.42. The van der Waals surface area contributed by atoms with Gasteiger partial charge < -0.3 is 9.84 Å². The van der Waals surface area contributed by atoms with Crippen molar-refractivity contribution in [2.75, 3.05) is 0 Å². The highest BCUT2D eigenvalue weighted by molar-refractivity contribution is 5.84. The predicted molar refractivity (Wildman–Crippen MR) is 119 cm³/mol. The maximum Gasteiger partial charge on any atom is 0.303 e. The lowest BCUT2D eigenvalue weighted by molar-refractivity contribution is -0.154. The van der Waals surface area contributed by atoms with Gasteiger partial charge in [-0.1, -0.05) is 52.7 Å². The first kappa shape index (κ1) is 26.4. The zero-order valence-corrected chi connectivity index (χ0v) is 19.6. The van der Waals surface area contributed by atoms with Crippen LogP contribution in [0.4, 0.5) is 0 Å². The number of hydrogen-bond donors (Lipinski definition) is 1. The third-order valence-electron chi connectivity index (χ3n) is 6.62. The lowest BCUT2D eigenvalue weighted by Gasteiger charge is -2.35. The number of ether oxygens (including phenoxy) is 1. The summed E-state index contributed by atoms with van der Waals surface area (Å²) in [6.07, 6.45) is 11.7. The Labute approximate surface area is 182 Å². The van der Waals surface area contributed by atoms with Gasteiger partial charge in [0.2, 0.25) is 0 Å². The van der Waals surface area contributed by atoms with Crippen LogP contribution < -0.4 is 0 Å². The van der Waals surface area contributed by atoms with Gasteiger partial charge in [0, 0.05) is 31.1 Å². The average molecular weight is 423 g/mol. The molecule has 0 radical (unpaired) electrons. The van der Waals surface area contributed by atoms with Crippen LogP contribution in [0.5, 0.6) is 0 Å². The molecule has 0 aromatic carbocycles. The molecular formula is C25H42O5. The van der Waals surface area contributed by atoms with E-state index in [4.69, 9.17) is 9.84 Å². The number of carboxylic acid groups (broad SMARTS) is 1. The molecule has 4 atom stereocenters. The van der Waals surface area contributed by atoms with E-state index in [-0.39, 0.29) is 29.8 Å². The molecule has 5 nitrogen and oxygen atoms in total. The number of rotatable bonds is 14. The van der Waals surface area contributed by atoms with E-state index in [9.17, 15) is 14.4 Å². The van der Waals surface area contributed by atoms with Crippen LogP contribution in [-0.2, 0) is 19.1 Å². The van der Waals surface area contributed by atoms with Gasteiger partial charge in [-0.25, -0.2) is 0 Å². The summed E-state index contributed by atoms with van der Waals surface area (Å²) in [4.78, 5) is 34.9. The number of ketones is 1. The number of Topliss-reactive ketones (excluding diaryl/α,β-unsaturated/α-hetero) is 1. The maximum atomic E-state index is 12.6. The molecule has 0 heterocycles. The minimum absolute atomic E-state index is 0.0208. The minimum atomic E-state index is -0.771. The Morgan fingerprint density at radius 2 is 1.97 bits per heavy atom. The number of allylic oxidation sites excluding steroid dienone is 2. The van der Waals surface area contributed by atoms with Crippen LogP contribution in [0.3, 0.4) is 0 Å². The number of esters is 1. The molecule has 0 aromatic rings. The van der Waals surface area contributed by atoms with E-state index in [2.05, 4.69) is 27.7 Å². The SMILES string of the molecule is CCCCC(C)(C)[C@@H](CC[C@H]1[C@H](C)CC(=O)[C@@H]1C/C=C\CCCC(=O)O)OC(C)=O. The van der Waals surface area contributed by atoms with Gasteiger partial charge in [-0.05, 0) is 50.4 Å². The molecule has 0 aliphatic heterocycles. The number of carboxylic acids is 1. The molecule has 1 fully saturated rings. The highest BCUT2D eigenvalue weighted by Gasteiger charge is 2.40. The summed E-state index contributed by atoms with van der Waals surface area (Å²) in [6, 6.07) is 0. The molecule has 0 spiro atoms. The normalized spacial score (nSPS) is 23.1. The zero-order chi connectivity index (χ0) is 22.7. The average Bonchev–Trinajstić information content (AvgIpc) is 2.92. The molecule has 0 aromatic heterocycles. The fourth-order valence-electron chi connectivity index (χ4n) is 4.73. The Morgan fingerprint density at radius 3 is 2.57 bits per heavy atom. The van der Waals surface area contributed by atoms with Gasteiger partial charge in [-0.3, -0.25) is 14.4 Å². The number of aliphatic carboxylic acids is 1. The van der Waals surface area contributed by atoms with Crippen molar-refractivity contribution in [3.05, 3.63) is 12.2 Å². The van der Waals surface area contributed by atoms with Crippen LogP contribution in [0.1, 0.15) is 98.8 Å². The minimum Gasteiger partial charge on any atom is -0.481 e. The summed E-state index contributed by atoms with van der Waals surface area (Å²) >= 11 is 0. The van der Waals surface area contributed by atoms with Crippen LogP contribution in [0.15, 0.2) is 12.2 Å². The van der Waals surface area contributed by atoms with Crippen molar-refractivity contribution in [2.45, 2.75) is 105 Å². The first-order chi connectivity index (χ1) is 14.1. The van der Waals surface area contributed by atoms with Gasteiger partial charge in [0.1, 0.15) is 11.9 Å². The summed E-state index contributed by atoms with van der Waals surface area (Å²) in [6.45, 7) is 10.2. The summed E-state index contributed by atoms with van der Waals surface area (Å²) in [5, 5.41) is 8.70. The number of hydrogen-bond acceptors (Lipinski definition) is 4. The zero-order valence-electron chi connectivity index (χ0n) is 19.6. The van der Waals surface area contributed by atoms with E-state index in [0.717, 1.165) is 44.9 Å². The standard InChI is InChI=1S/C25H42O5/c1-6-7-16-25(4,5)23(30-19(3)26)15-14-20-18(2)17-22(27)21(20)12-10-8-9-11-13-24(28)29/h8,10,18,20-21,23H,6-7,9,11-17H2,1-5H3,(H,28,29)/b10-8-/t18-,20+,21-,23-/m1/s1. The summed E-state index contributed by atoms with van der Waals surface area (Å²) in [5.41, 5.74) is -0.0763. The molecule has 1 saturated carbocycles. The molecule has 1 N–H and O–H groups in total. The van der Waals surface area contributed by atoms with Crippen molar-refractivity contribution >= 4 is 17.7 Å². The maximum absolute atomic E-state index is 12.6. The molecule has 0 bridgehead atoms. The van der Waals surface area contributed by atoms with Crippen LogP contribution in [0.25, 0.3) is 0 Å². The largest absolute Gasteiger partial charge is 0.481 e. The molecule has 0 amide bonds. The van der Waals surface area contributed by atoms with E-state index >= 15 is 0 Å². The van der Waals surface area contributed by atoms with Crippen molar-refractivity contribution in [1.29, 1.82) is 0 Å². The molecule has 0 saturated heterocycles. The number of unbranched alkanes of at least 4 members (excludes halogenated alkanes) is 2. The van der Waals surface area contributed by atoms with Crippen LogP contribution in [0.2, 0.25) is 0 Å². The smallest absolute Gasteiger partial charge is 0.303 e. The van der Waals surface area contributed by atoms with Gasteiger partial charge in [-0.2, -0.15) is 0 Å². The van der Waals surface area contributed by atoms with Crippen molar-refractivity contribution < 1.29 is 24.2 Å². The van der Waals surface area contributed by atoms with Crippen LogP contribution in [0, 0.1) is 23.2 Å². The Kier molecular flexibility index (Phi) is 11.4. The van der Waals surface area contributed by atoms with Crippen molar-refractivity contribution in [2.24, 2.45) is 23.2 Å². The summed E-state index contributed by atoms with van der Waals surface area (Å²) < 4.78 is 5.73. The molecule has 5 heteroatoms. The quantitative estimate of drug-likeness (QED) is 0.212. The van der Waals surface area contributed by atoms with E-state index in [0.29, 0.717) is 30.5 Å². The lowest BCUT2D eigenvalue weighted by Crippen LogP contribution is -2.34. The van der Waals surface area contributed by atoms with Crippen molar-refractivity contribution in [1.82, 2.24) is 0 Å². The second-order valence-electron chi connectivity index (χ2n) is 9.68. The highest BCUT2D eigenvalue weighted by atomic mass is 16.5. The molecule has 0 unspecified atom stereocenters. The third-order valence-corrected chi connectivity index (χ3v) is 6.62. The summed E-state index contributed by atoms with van der Waals surface area (Å²) in [7, 11) is 0. The molecule has 1 rings (SSSR count). The molecule has 1 aliphatic carbocycles. The van der Waals surface area contributed by atoms with Gasteiger partial charge in [0.25, 0.3) is 0 Å². The van der Waals surface area contributed by atoms with Gasteiger partial charge in [0.05, 0.1) is 0 Å². The van der Waals surface area contributed by atoms with Crippen molar-refractivity contribution in [3.63, 3.8) is 0 Å². The van der Waals surface area contributed by atoms with Crippen LogP contribution in [-0.4, -0.2) is 28.9 Å². The lowest BCUT2D eigenvalue weighted by atomic mass is 9.76. The fourth-order valence-corrected chi connectivity index (χ4v) is 4.73. The third kappa shape index (κ3) is 9.01. The van der Waals surface area contributed by atoms with Gasteiger partial charge >= 0.3 is 11.9 Å². The Balaban J connectivity index is 2.70. The van der Waals surface area contributed by atoms with Crippen LogP contribution >= 0.6 is 0 Å². The molecule has 1 aliphatic rings. The van der Waals surface area contributed by atoms with Gasteiger partial charge in [-0.15, -0.1) is 0 Å². The molecular weight excluding hydrogens is 380 g/mol. The first-order valence-electron chi connectivity index (χ1n) is 11.6. The monoisotopic (exact) mass is 422 g/mol. The number of carbonyl (C=O) groups is 3. The molecule has 172 valence electrons. The Hall–Kier alpha value is -1.65. The van der Waals surface area contributed by atoms with Gasteiger partial charge in [0.15, 0.2) is 0 Å². The number of carbonyl (C=O) groups excluding carboxylic acids is 2. The Bertz CT molecular complexity index is 592. The summed E-state index contributed by atoms with van der Waals surface area (Å²) in [5.74, 6) is -0.00122. The predicted octanol–water partition coefficient (Wildman–Crippen LogP) is 5.96. The second-order valence-corrected chi connectivity index (χ2v) is 9.68. The molecule has 30 heavy (non-hydrogen) atoms.